The van der Waals surface area contributed by atoms with Gasteiger partial charge in [0.1, 0.15) is 0 Å². The number of hydrogen-bond acceptors (Lipinski definition) is 4. The Kier molecular flexibility index (Phi) is 4.07. The van der Waals surface area contributed by atoms with Crippen molar-refractivity contribution in [2.24, 2.45) is 11.1 Å². The molecule has 98 valence electrons. The zero-order valence-electron chi connectivity index (χ0n) is 10.8. The summed E-state index contributed by atoms with van der Waals surface area (Å²) in [6.07, 6.45) is 3.84. The number of methoxy groups -OCH3 is 1. The van der Waals surface area contributed by atoms with Crippen molar-refractivity contribution in [3.8, 4) is 11.5 Å². The van der Waals surface area contributed by atoms with Crippen LogP contribution in [0.4, 0.5) is 0 Å². The van der Waals surface area contributed by atoms with Gasteiger partial charge in [-0.15, -0.1) is 0 Å². The highest BCUT2D eigenvalue weighted by atomic mass is 16.5. The fourth-order valence-electron chi connectivity index (χ4n) is 1.94. The van der Waals surface area contributed by atoms with E-state index in [-0.39, 0.29) is 0 Å². The van der Waals surface area contributed by atoms with Gasteiger partial charge in [0.15, 0.2) is 11.5 Å². The largest absolute Gasteiger partial charge is 0.493 e. The number of ether oxygens (including phenoxy) is 2. The molecule has 1 aromatic rings. The minimum Gasteiger partial charge on any atom is -0.493 e. The van der Waals surface area contributed by atoms with Crippen LogP contribution in [0, 0.1) is 5.92 Å². The molecule has 2 rings (SSSR count). The van der Waals surface area contributed by atoms with Crippen LogP contribution in [0.25, 0.3) is 0 Å². The summed E-state index contributed by atoms with van der Waals surface area (Å²) in [6.45, 7) is 2.49. The van der Waals surface area contributed by atoms with Crippen LogP contribution in [0.1, 0.15) is 31.7 Å². The van der Waals surface area contributed by atoms with Gasteiger partial charge >= 0.3 is 0 Å². The molecule has 4 nitrogen and oxygen atoms in total. The maximum absolute atomic E-state index is 8.75. The van der Waals surface area contributed by atoms with Gasteiger partial charge in [0, 0.05) is 5.56 Å². The Morgan fingerprint density at radius 2 is 2.17 bits per heavy atom. The fraction of sp³-hybridized carbons (Fsp3) is 0.500. The summed E-state index contributed by atoms with van der Waals surface area (Å²) < 4.78 is 11.1. The van der Waals surface area contributed by atoms with E-state index in [0.717, 1.165) is 17.9 Å². The highest BCUT2D eigenvalue weighted by Crippen LogP contribution is 2.31. The fourth-order valence-corrected chi connectivity index (χ4v) is 1.94. The van der Waals surface area contributed by atoms with Crippen molar-refractivity contribution in [2.75, 3.05) is 13.7 Å². The molecular weight excluding hydrogens is 230 g/mol. The van der Waals surface area contributed by atoms with Crippen molar-refractivity contribution in [3.05, 3.63) is 23.8 Å². The van der Waals surface area contributed by atoms with Crippen LogP contribution in [-0.4, -0.2) is 24.6 Å². The minimum atomic E-state index is 0.554. The number of benzene rings is 1. The normalized spacial score (nSPS) is 16.2. The summed E-state index contributed by atoms with van der Waals surface area (Å²) in [7, 11) is 1.61. The van der Waals surface area contributed by atoms with E-state index in [4.69, 9.17) is 14.7 Å². The molecule has 1 aromatic carbocycles. The summed E-state index contributed by atoms with van der Waals surface area (Å²) in [5, 5.41) is 11.9. The molecule has 0 spiro atoms. The van der Waals surface area contributed by atoms with Gasteiger partial charge in [0.2, 0.25) is 0 Å². The molecule has 0 aliphatic heterocycles. The van der Waals surface area contributed by atoms with Crippen LogP contribution in [0.3, 0.4) is 0 Å². The summed E-state index contributed by atoms with van der Waals surface area (Å²) in [6, 6.07) is 5.56. The van der Waals surface area contributed by atoms with Crippen molar-refractivity contribution in [1.82, 2.24) is 0 Å². The average Bonchev–Trinajstić information content (AvgIpc) is 2.36. The smallest absolute Gasteiger partial charge is 0.161 e. The lowest BCUT2D eigenvalue weighted by Crippen LogP contribution is -2.19. The molecule has 0 unspecified atom stereocenters. The molecule has 0 saturated heterocycles. The molecule has 1 aliphatic carbocycles. The lowest BCUT2D eigenvalue weighted by molar-refractivity contribution is 0.176. The number of hydrogen-bond donors (Lipinski definition) is 1. The van der Waals surface area contributed by atoms with Gasteiger partial charge in [-0.3, -0.25) is 0 Å². The van der Waals surface area contributed by atoms with Crippen LogP contribution < -0.4 is 9.47 Å². The molecule has 0 amide bonds. The summed E-state index contributed by atoms with van der Waals surface area (Å²) in [4.78, 5) is 0. The molecule has 1 fully saturated rings. The molecule has 1 N–H and O–H groups in total. The van der Waals surface area contributed by atoms with Gasteiger partial charge in [-0.25, -0.2) is 0 Å². The molecule has 0 bridgehead atoms. The predicted molar refractivity (Wildman–Crippen MR) is 69.8 cm³/mol. The summed E-state index contributed by atoms with van der Waals surface area (Å²) in [5.74, 6) is 2.11. The average molecular weight is 249 g/mol. The quantitative estimate of drug-likeness (QED) is 0.495. The third-order valence-electron chi connectivity index (χ3n) is 3.43. The van der Waals surface area contributed by atoms with E-state index in [1.165, 1.54) is 19.3 Å². The predicted octanol–water partition coefficient (Wildman–Crippen LogP) is 3.07. The molecule has 4 heteroatoms. The second kappa shape index (κ2) is 5.76. The molecule has 0 heterocycles. The lowest BCUT2D eigenvalue weighted by Gasteiger charge is -2.25. The van der Waals surface area contributed by atoms with E-state index in [1.807, 2.05) is 18.2 Å². The molecule has 18 heavy (non-hydrogen) atoms. The Bertz CT molecular complexity index is 439. The van der Waals surface area contributed by atoms with Crippen molar-refractivity contribution < 1.29 is 14.7 Å². The van der Waals surface area contributed by atoms with E-state index >= 15 is 0 Å². The van der Waals surface area contributed by atoms with Gasteiger partial charge in [0.25, 0.3) is 0 Å². The van der Waals surface area contributed by atoms with Crippen LogP contribution in [0.2, 0.25) is 0 Å². The van der Waals surface area contributed by atoms with Crippen molar-refractivity contribution in [2.45, 2.75) is 26.2 Å². The van der Waals surface area contributed by atoms with E-state index in [2.05, 4.69) is 5.16 Å². The second-order valence-electron chi connectivity index (χ2n) is 4.66. The topological polar surface area (TPSA) is 51.0 Å². The van der Waals surface area contributed by atoms with Gasteiger partial charge in [-0.2, -0.15) is 0 Å². The number of rotatable bonds is 5. The zero-order valence-corrected chi connectivity index (χ0v) is 10.8. The monoisotopic (exact) mass is 249 g/mol. The van der Waals surface area contributed by atoms with Crippen molar-refractivity contribution in [3.63, 3.8) is 0 Å². The Morgan fingerprint density at radius 3 is 2.72 bits per heavy atom. The molecular formula is C14H19NO3. The highest BCUT2D eigenvalue weighted by molar-refractivity contribution is 5.98. The maximum atomic E-state index is 8.75. The van der Waals surface area contributed by atoms with E-state index in [0.29, 0.717) is 17.4 Å². The first kappa shape index (κ1) is 12.7. The molecule has 0 aromatic heterocycles. The molecule has 1 saturated carbocycles. The SMILES string of the molecule is COc1cc(C(C)=NO)ccc1OCC1CCC1. The van der Waals surface area contributed by atoms with Gasteiger partial charge in [-0.1, -0.05) is 11.6 Å². The van der Waals surface area contributed by atoms with Crippen LogP contribution in [0.15, 0.2) is 23.4 Å². The van der Waals surface area contributed by atoms with Gasteiger partial charge in [0.05, 0.1) is 19.4 Å². The van der Waals surface area contributed by atoms with E-state index < -0.39 is 0 Å². The first-order valence-electron chi connectivity index (χ1n) is 6.24. The van der Waals surface area contributed by atoms with Crippen LogP contribution in [0.5, 0.6) is 11.5 Å². The molecule has 0 atom stereocenters. The Morgan fingerprint density at radius 1 is 1.39 bits per heavy atom. The molecule has 1 aliphatic rings. The first-order valence-corrected chi connectivity index (χ1v) is 6.24. The Hall–Kier alpha value is -1.71. The standard InChI is InChI=1S/C14H19NO3/c1-10(15-16)12-6-7-13(14(8-12)17-2)18-9-11-4-3-5-11/h6-8,11,16H,3-5,9H2,1-2H3. The van der Waals surface area contributed by atoms with Crippen molar-refractivity contribution >= 4 is 5.71 Å². The summed E-state index contributed by atoms with van der Waals surface area (Å²) >= 11 is 0. The zero-order chi connectivity index (χ0) is 13.0. The Labute approximate surface area is 107 Å². The van der Waals surface area contributed by atoms with E-state index in [1.54, 1.807) is 14.0 Å². The second-order valence-corrected chi connectivity index (χ2v) is 4.66. The third-order valence-corrected chi connectivity index (χ3v) is 3.43. The first-order chi connectivity index (χ1) is 8.74. The van der Waals surface area contributed by atoms with Crippen molar-refractivity contribution in [1.29, 1.82) is 0 Å². The van der Waals surface area contributed by atoms with Crippen LogP contribution in [-0.2, 0) is 0 Å². The lowest BCUT2D eigenvalue weighted by atomic mass is 9.86. The van der Waals surface area contributed by atoms with Gasteiger partial charge in [-0.05, 0) is 43.9 Å². The van der Waals surface area contributed by atoms with Gasteiger partial charge < -0.3 is 14.7 Å². The maximum Gasteiger partial charge on any atom is 0.161 e. The number of oxime groups is 1. The third kappa shape index (κ3) is 2.75. The minimum absolute atomic E-state index is 0.554. The number of nitrogens with zero attached hydrogens (tertiary/aromatic N) is 1. The van der Waals surface area contributed by atoms with Crippen LogP contribution >= 0.6 is 0 Å². The molecule has 0 radical (unpaired) electrons. The summed E-state index contributed by atoms with van der Waals surface area (Å²) in [5.41, 5.74) is 1.38. The van der Waals surface area contributed by atoms with E-state index in [9.17, 15) is 0 Å². The highest BCUT2D eigenvalue weighted by Gasteiger charge is 2.18. The Balaban J connectivity index is 2.09.